The van der Waals surface area contributed by atoms with E-state index < -0.39 is 0 Å². The molecule has 0 aliphatic rings. The van der Waals surface area contributed by atoms with Crippen molar-refractivity contribution in [3.05, 3.63) is 78.5 Å². The van der Waals surface area contributed by atoms with Crippen LogP contribution in [-0.4, -0.2) is 24.6 Å². The van der Waals surface area contributed by atoms with Gasteiger partial charge in [0.15, 0.2) is 5.65 Å². The van der Waals surface area contributed by atoms with Crippen molar-refractivity contribution in [1.82, 2.24) is 19.5 Å². The number of phenolic OH excluding ortho intramolecular Hbond substituents is 1. The zero-order chi connectivity index (χ0) is 15.6. The summed E-state index contributed by atoms with van der Waals surface area (Å²) in [7, 11) is 0. The van der Waals surface area contributed by atoms with Crippen molar-refractivity contribution in [3.8, 4) is 11.4 Å². The standard InChI is InChI=1S/C18H14N4O/c23-15-7-5-13(6-8-15)11-17-21-16-4-2-10-20-18(16)22(17)14-3-1-9-19-12-14/h1-10,12,23H,11H2. The van der Waals surface area contributed by atoms with Crippen LogP contribution in [0.5, 0.6) is 5.75 Å². The third kappa shape index (κ3) is 2.53. The summed E-state index contributed by atoms with van der Waals surface area (Å²) in [5, 5.41) is 9.43. The topological polar surface area (TPSA) is 63.8 Å². The molecule has 0 radical (unpaired) electrons. The number of imidazole rings is 1. The number of hydrogen-bond donors (Lipinski definition) is 1. The Kier molecular flexibility index (Phi) is 3.24. The van der Waals surface area contributed by atoms with Crippen LogP contribution >= 0.6 is 0 Å². The molecule has 0 aliphatic carbocycles. The molecule has 0 fully saturated rings. The van der Waals surface area contributed by atoms with Crippen molar-refractivity contribution in [2.45, 2.75) is 6.42 Å². The molecule has 0 spiro atoms. The smallest absolute Gasteiger partial charge is 0.164 e. The fraction of sp³-hybridized carbons (Fsp3) is 0.0556. The second kappa shape index (κ2) is 5.53. The Balaban J connectivity index is 1.87. The summed E-state index contributed by atoms with van der Waals surface area (Å²) in [6.45, 7) is 0. The number of phenols is 1. The van der Waals surface area contributed by atoms with Crippen LogP contribution < -0.4 is 0 Å². The highest BCUT2D eigenvalue weighted by Gasteiger charge is 2.13. The van der Waals surface area contributed by atoms with Crippen molar-refractivity contribution in [2.24, 2.45) is 0 Å². The zero-order valence-electron chi connectivity index (χ0n) is 12.3. The molecule has 1 aromatic carbocycles. The lowest BCUT2D eigenvalue weighted by Crippen LogP contribution is -2.03. The first-order chi connectivity index (χ1) is 11.3. The molecule has 112 valence electrons. The normalized spacial score (nSPS) is 11.0. The summed E-state index contributed by atoms with van der Waals surface area (Å²) in [6.07, 6.45) is 5.96. The lowest BCUT2D eigenvalue weighted by molar-refractivity contribution is 0.475. The molecule has 0 bridgehead atoms. The zero-order valence-corrected chi connectivity index (χ0v) is 12.3. The number of aromatic nitrogens is 4. The van der Waals surface area contributed by atoms with Gasteiger partial charge in [0.25, 0.3) is 0 Å². The fourth-order valence-corrected chi connectivity index (χ4v) is 2.63. The second-order valence-corrected chi connectivity index (χ2v) is 5.26. The molecule has 4 aromatic rings. The molecule has 0 amide bonds. The molecule has 0 atom stereocenters. The molecule has 3 heterocycles. The van der Waals surface area contributed by atoms with E-state index in [-0.39, 0.29) is 5.75 Å². The van der Waals surface area contributed by atoms with Crippen LogP contribution in [0.25, 0.3) is 16.9 Å². The van der Waals surface area contributed by atoms with Gasteiger partial charge in [-0.3, -0.25) is 9.55 Å². The van der Waals surface area contributed by atoms with Gasteiger partial charge in [0.2, 0.25) is 0 Å². The molecule has 0 saturated carbocycles. The van der Waals surface area contributed by atoms with E-state index in [2.05, 4.69) is 9.97 Å². The van der Waals surface area contributed by atoms with Crippen molar-refractivity contribution in [2.75, 3.05) is 0 Å². The van der Waals surface area contributed by atoms with Crippen molar-refractivity contribution < 1.29 is 5.11 Å². The van der Waals surface area contributed by atoms with E-state index in [1.807, 2.05) is 41.0 Å². The number of benzene rings is 1. The molecule has 5 heteroatoms. The molecule has 1 N–H and O–H groups in total. The predicted octanol–water partition coefficient (Wildman–Crippen LogP) is 3.11. The Morgan fingerprint density at radius 1 is 0.957 bits per heavy atom. The second-order valence-electron chi connectivity index (χ2n) is 5.26. The van der Waals surface area contributed by atoms with E-state index in [4.69, 9.17) is 4.98 Å². The van der Waals surface area contributed by atoms with E-state index >= 15 is 0 Å². The van der Waals surface area contributed by atoms with Gasteiger partial charge in [-0.05, 0) is 42.0 Å². The molecular formula is C18H14N4O. The third-order valence-electron chi connectivity index (χ3n) is 3.69. The number of fused-ring (bicyclic) bond motifs is 1. The van der Waals surface area contributed by atoms with Crippen LogP contribution in [0.3, 0.4) is 0 Å². The van der Waals surface area contributed by atoms with Gasteiger partial charge < -0.3 is 5.11 Å². The number of nitrogens with zero attached hydrogens (tertiary/aromatic N) is 4. The summed E-state index contributed by atoms with van der Waals surface area (Å²) in [5.74, 6) is 1.15. The molecular weight excluding hydrogens is 288 g/mol. The largest absolute Gasteiger partial charge is 0.508 e. The fourth-order valence-electron chi connectivity index (χ4n) is 2.63. The predicted molar refractivity (Wildman–Crippen MR) is 87.6 cm³/mol. The van der Waals surface area contributed by atoms with E-state index in [0.717, 1.165) is 28.2 Å². The van der Waals surface area contributed by atoms with Gasteiger partial charge >= 0.3 is 0 Å². The monoisotopic (exact) mass is 302 g/mol. The van der Waals surface area contributed by atoms with Gasteiger partial charge in [-0.2, -0.15) is 0 Å². The van der Waals surface area contributed by atoms with Gasteiger partial charge in [-0.15, -0.1) is 0 Å². The minimum absolute atomic E-state index is 0.260. The van der Waals surface area contributed by atoms with Crippen LogP contribution in [0.2, 0.25) is 0 Å². The first-order valence-corrected chi connectivity index (χ1v) is 7.32. The molecule has 23 heavy (non-hydrogen) atoms. The molecule has 0 aliphatic heterocycles. The summed E-state index contributed by atoms with van der Waals surface area (Å²) in [4.78, 5) is 13.4. The van der Waals surface area contributed by atoms with Gasteiger partial charge in [-0.1, -0.05) is 12.1 Å². The Labute approximate surface area is 132 Å². The van der Waals surface area contributed by atoms with Crippen LogP contribution in [0.1, 0.15) is 11.4 Å². The van der Waals surface area contributed by atoms with E-state index in [9.17, 15) is 5.11 Å². The minimum atomic E-state index is 0.260. The van der Waals surface area contributed by atoms with E-state index in [0.29, 0.717) is 6.42 Å². The number of aromatic hydroxyl groups is 1. The SMILES string of the molecule is Oc1ccc(Cc2nc3cccnc3n2-c2cccnc2)cc1. The highest BCUT2D eigenvalue weighted by molar-refractivity contribution is 5.73. The van der Waals surface area contributed by atoms with Crippen LogP contribution in [0.15, 0.2) is 67.1 Å². The van der Waals surface area contributed by atoms with Gasteiger partial charge in [0, 0.05) is 18.8 Å². The Bertz CT molecular complexity index is 946. The van der Waals surface area contributed by atoms with Crippen molar-refractivity contribution in [1.29, 1.82) is 0 Å². The van der Waals surface area contributed by atoms with Crippen LogP contribution in [-0.2, 0) is 6.42 Å². The maximum Gasteiger partial charge on any atom is 0.164 e. The Morgan fingerprint density at radius 2 is 1.78 bits per heavy atom. The third-order valence-corrected chi connectivity index (χ3v) is 3.69. The van der Waals surface area contributed by atoms with Gasteiger partial charge in [0.1, 0.15) is 17.1 Å². The summed E-state index contributed by atoms with van der Waals surface area (Å²) < 4.78 is 2.02. The average Bonchev–Trinajstić information content (AvgIpc) is 2.95. The number of hydrogen-bond acceptors (Lipinski definition) is 4. The molecule has 3 aromatic heterocycles. The molecule has 0 unspecified atom stereocenters. The van der Waals surface area contributed by atoms with Gasteiger partial charge in [0.05, 0.1) is 11.9 Å². The first-order valence-electron chi connectivity index (χ1n) is 7.32. The molecule has 0 saturated heterocycles. The number of pyridine rings is 2. The molecule has 5 nitrogen and oxygen atoms in total. The summed E-state index contributed by atoms with van der Waals surface area (Å²) in [5.41, 5.74) is 3.67. The minimum Gasteiger partial charge on any atom is -0.508 e. The van der Waals surface area contributed by atoms with Crippen molar-refractivity contribution in [3.63, 3.8) is 0 Å². The van der Waals surface area contributed by atoms with Crippen molar-refractivity contribution >= 4 is 11.2 Å². The lowest BCUT2D eigenvalue weighted by atomic mass is 10.1. The van der Waals surface area contributed by atoms with Gasteiger partial charge in [-0.25, -0.2) is 9.97 Å². The van der Waals surface area contributed by atoms with Crippen LogP contribution in [0.4, 0.5) is 0 Å². The van der Waals surface area contributed by atoms with E-state index in [1.54, 1.807) is 30.7 Å². The average molecular weight is 302 g/mol. The summed E-state index contributed by atoms with van der Waals surface area (Å²) >= 11 is 0. The quantitative estimate of drug-likeness (QED) is 0.631. The Hall–Kier alpha value is -3.21. The Morgan fingerprint density at radius 3 is 2.57 bits per heavy atom. The molecule has 4 rings (SSSR count). The maximum absolute atomic E-state index is 9.43. The highest BCUT2D eigenvalue weighted by atomic mass is 16.3. The highest BCUT2D eigenvalue weighted by Crippen LogP contribution is 2.22. The number of rotatable bonds is 3. The maximum atomic E-state index is 9.43. The van der Waals surface area contributed by atoms with E-state index in [1.165, 1.54) is 0 Å². The first kappa shape index (κ1) is 13.5. The van der Waals surface area contributed by atoms with Crippen LogP contribution in [0, 0.1) is 0 Å². The lowest BCUT2D eigenvalue weighted by Gasteiger charge is -2.08. The summed E-state index contributed by atoms with van der Waals surface area (Å²) in [6, 6.07) is 14.9.